The van der Waals surface area contributed by atoms with Gasteiger partial charge in [-0.1, -0.05) is 192 Å². The van der Waals surface area contributed by atoms with Gasteiger partial charge in [-0.05, 0) is 116 Å². The van der Waals surface area contributed by atoms with Crippen LogP contribution in [0.5, 0.6) is 0 Å². The lowest BCUT2D eigenvalue weighted by molar-refractivity contribution is -0.166. The molecular weight excluding hydrogens is 793 g/mol. The second kappa shape index (κ2) is 50.9. The van der Waals surface area contributed by atoms with E-state index in [2.05, 4.69) is 154 Å². The molecule has 0 aliphatic carbocycles. The number of hydrogen-bond donors (Lipinski definition) is 0. The Kier molecular flexibility index (Phi) is 47.2. The first-order valence-electron chi connectivity index (χ1n) is 24.9. The Labute approximate surface area is 391 Å². The van der Waals surface area contributed by atoms with Crippen LogP contribution in [0.15, 0.2) is 146 Å². The summed E-state index contributed by atoms with van der Waals surface area (Å²) < 4.78 is 16.6. The van der Waals surface area contributed by atoms with E-state index in [4.69, 9.17) is 14.2 Å². The van der Waals surface area contributed by atoms with Crippen molar-refractivity contribution in [2.75, 3.05) is 13.2 Å². The summed E-state index contributed by atoms with van der Waals surface area (Å²) in [5, 5.41) is 0. The molecule has 356 valence electrons. The van der Waals surface area contributed by atoms with E-state index < -0.39 is 6.10 Å². The van der Waals surface area contributed by atoms with Crippen LogP contribution in [0.3, 0.4) is 0 Å². The minimum absolute atomic E-state index is 0.135. The van der Waals surface area contributed by atoms with E-state index in [-0.39, 0.29) is 44.0 Å². The van der Waals surface area contributed by atoms with Gasteiger partial charge in [0.1, 0.15) is 13.2 Å². The average molecular weight is 881 g/mol. The second-order valence-corrected chi connectivity index (χ2v) is 15.6. The standard InChI is InChI=1S/C58H88O6/c1-4-7-10-13-16-19-22-24-26-28-29-30-32-33-36-39-42-45-48-51-57(60)63-54-55(53-62-56(59)50-47-44-41-38-35-21-18-15-12-9-6-3)64-58(61)52-49-46-43-40-37-34-31-27-25-23-20-17-14-11-8-5-2/h7-8,10-11,15-21,24-27,29-30,33-37,42,45,55H,4-6,9,12-14,22-23,28,31-32,38-41,43-44,46-54H2,1-3H3/b10-7-,11-8-,18-15-,19-16-,20-17-,26-24-,27-25-,30-29-,35-21-,36-33-,37-34-,45-42-. The summed E-state index contributed by atoms with van der Waals surface area (Å²) in [6.07, 6.45) is 72.7. The van der Waals surface area contributed by atoms with Gasteiger partial charge in [0, 0.05) is 19.3 Å². The molecule has 0 spiro atoms. The molecule has 0 N–H and O–H groups in total. The molecule has 64 heavy (non-hydrogen) atoms. The van der Waals surface area contributed by atoms with Gasteiger partial charge in [-0.15, -0.1) is 0 Å². The lowest BCUT2D eigenvalue weighted by Gasteiger charge is -2.18. The molecular formula is C58H88O6. The van der Waals surface area contributed by atoms with Gasteiger partial charge in [-0.25, -0.2) is 0 Å². The summed E-state index contributed by atoms with van der Waals surface area (Å²) in [6, 6.07) is 0. The largest absolute Gasteiger partial charge is 0.462 e. The van der Waals surface area contributed by atoms with Crippen molar-refractivity contribution in [2.45, 2.75) is 187 Å². The molecule has 0 rings (SSSR count). The molecule has 0 fully saturated rings. The summed E-state index contributed by atoms with van der Waals surface area (Å²) in [4.78, 5) is 37.9. The normalized spacial score (nSPS) is 13.4. The van der Waals surface area contributed by atoms with E-state index in [9.17, 15) is 14.4 Å². The second-order valence-electron chi connectivity index (χ2n) is 15.6. The summed E-state index contributed by atoms with van der Waals surface area (Å²) in [5.74, 6) is -1.09. The smallest absolute Gasteiger partial charge is 0.306 e. The number of carbonyl (C=O) groups is 3. The summed E-state index contributed by atoms with van der Waals surface area (Å²) in [5.41, 5.74) is 0. The van der Waals surface area contributed by atoms with Crippen molar-refractivity contribution in [1.82, 2.24) is 0 Å². The molecule has 1 unspecified atom stereocenters. The van der Waals surface area contributed by atoms with E-state index in [1.54, 1.807) is 0 Å². The van der Waals surface area contributed by atoms with E-state index in [0.717, 1.165) is 116 Å². The van der Waals surface area contributed by atoms with E-state index in [0.29, 0.717) is 19.3 Å². The highest BCUT2D eigenvalue weighted by atomic mass is 16.6. The van der Waals surface area contributed by atoms with Gasteiger partial charge in [0.25, 0.3) is 0 Å². The number of esters is 3. The third kappa shape index (κ3) is 48.3. The van der Waals surface area contributed by atoms with Crippen LogP contribution in [0, 0.1) is 0 Å². The Morgan fingerprint density at radius 2 is 0.688 bits per heavy atom. The molecule has 0 amide bonds. The topological polar surface area (TPSA) is 78.9 Å². The summed E-state index contributed by atoms with van der Waals surface area (Å²) in [6.45, 7) is 6.20. The predicted molar refractivity (Wildman–Crippen MR) is 274 cm³/mol. The predicted octanol–water partition coefficient (Wildman–Crippen LogP) is 16.5. The molecule has 0 aromatic carbocycles. The molecule has 0 saturated heterocycles. The zero-order valence-corrected chi connectivity index (χ0v) is 40.5. The lowest BCUT2D eigenvalue weighted by atomic mass is 10.1. The first-order valence-corrected chi connectivity index (χ1v) is 24.9. The van der Waals surface area contributed by atoms with Crippen LogP contribution < -0.4 is 0 Å². The Balaban J connectivity index is 4.61. The average Bonchev–Trinajstić information content (AvgIpc) is 3.29. The number of unbranched alkanes of at least 4 members (excludes halogenated alkanes) is 8. The van der Waals surface area contributed by atoms with Crippen molar-refractivity contribution in [3.63, 3.8) is 0 Å². The van der Waals surface area contributed by atoms with E-state index in [1.807, 2.05) is 12.2 Å². The quantitative estimate of drug-likeness (QED) is 0.0200. The van der Waals surface area contributed by atoms with Crippen LogP contribution in [-0.2, 0) is 28.6 Å². The Morgan fingerprint density at radius 1 is 0.344 bits per heavy atom. The fourth-order valence-corrected chi connectivity index (χ4v) is 5.90. The van der Waals surface area contributed by atoms with Crippen LogP contribution in [0.25, 0.3) is 0 Å². The molecule has 6 heteroatoms. The first kappa shape index (κ1) is 59.3. The van der Waals surface area contributed by atoms with Gasteiger partial charge in [0.05, 0.1) is 0 Å². The van der Waals surface area contributed by atoms with Gasteiger partial charge in [0.2, 0.25) is 0 Å². The van der Waals surface area contributed by atoms with Gasteiger partial charge in [-0.3, -0.25) is 14.4 Å². The van der Waals surface area contributed by atoms with E-state index >= 15 is 0 Å². The lowest BCUT2D eigenvalue weighted by Crippen LogP contribution is -2.30. The molecule has 0 heterocycles. The maximum absolute atomic E-state index is 12.8. The minimum Gasteiger partial charge on any atom is -0.462 e. The molecule has 6 nitrogen and oxygen atoms in total. The molecule has 0 bridgehead atoms. The zero-order chi connectivity index (χ0) is 46.5. The molecule has 0 saturated carbocycles. The van der Waals surface area contributed by atoms with Crippen LogP contribution in [0.2, 0.25) is 0 Å². The molecule has 0 radical (unpaired) electrons. The van der Waals surface area contributed by atoms with Gasteiger partial charge in [0.15, 0.2) is 6.10 Å². The molecule has 1 atom stereocenters. The highest BCUT2D eigenvalue weighted by molar-refractivity contribution is 5.71. The Morgan fingerprint density at radius 3 is 1.11 bits per heavy atom. The van der Waals surface area contributed by atoms with Crippen LogP contribution in [0.4, 0.5) is 0 Å². The SMILES string of the molecule is CC/C=C\C/C=C\C/C=C\C/C=C\C/C=C\C/C=C\CCC(=O)OCC(COC(=O)CCCCC/C=C\C=C/CCCC)OC(=O)CCCCC/C=C\C/C=C\C/C=C\C/C=C\CC. The van der Waals surface area contributed by atoms with Gasteiger partial charge < -0.3 is 14.2 Å². The Hall–Kier alpha value is -4.71. The molecule has 0 aliphatic rings. The van der Waals surface area contributed by atoms with Crippen molar-refractivity contribution in [1.29, 1.82) is 0 Å². The summed E-state index contributed by atoms with van der Waals surface area (Å²) >= 11 is 0. The highest BCUT2D eigenvalue weighted by Crippen LogP contribution is 2.10. The Bertz CT molecular complexity index is 1480. The monoisotopic (exact) mass is 881 g/mol. The van der Waals surface area contributed by atoms with Gasteiger partial charge in [-0.2, -0.15) is 0 Å². The maximum Gasteiger partial charge on any atom is 0.306 e. The van der Waals surface area contributed by atoms with Gasteiger partial charge >= 0.3 is 17.9 Å². The van der Waals surface area contributed by atoms with E-state index in [1.165, 1.54) is 12.8 Å². The number of carbonyl (C=O) groups excluding carboxylic acids is 3. The fourth-order valence-electron chi connectivity index (χ4n) is 5.90. The third-order valence-electron chi connectivity index (χ3n) is 9.60. The van der Waals surface area contributed by atoms with Crippen molar-refractivity contribution >= 4 is 17.9 Å². The third-order valence-corrected chi connectivity index (χ3v) is 9.60. The first-order chi connectivity index (χ1) is 31.5. The highest BCUT2D eigenvalue weighted by Gasteiger charge is 2.19. The van der Waals surface area contributed by atoms with Crippen LogP contribution in [0.1, 0.15) is 181 Å². The summed E-state index contributed by atoms with van der Waals surface area (Å²) in [7, 11) is 0. The van der Waals surface area contributed by atoms with Crippen molar-refractivity contribution < 1.29 is 28.6 Å². The van der Waals surface area contributed by atoms with Crippen LogP contribution >= 0.6 is 0 Å². The maximum atomic E-state index is 12.8. The fraction of sp³-hybridized carbons (Fsp3) is 0.534. The molecule has 0 aromatic rings. The van der Waals surface area contributed by atoms with Crippen molar-refractivity contribution in [3.8, 4) is 0 Å². The molecule has 0 aromatic heterocycles. The zero-order valence-electron chi connectivity index (χ0n) is 40.5. The number of rotatable bonds is 42. The minimum atomic E-state index is -0.842. The van der Waals surface area contributed by atoms with Crippen molar-refractivity contribution in [3.05, 3.63) is 146 Å². The number of allylic oxidation sites excluding steroid dienone is 24. The van der Waals surface area contributed by atoms with Crippen molar-refractivity contribution in [2.24, 2.45) is 0 Å². The number of hydrogen-bond acceptors (Lipinski definition) is 6. The molecule has 0 aliphatic heterocycles. The number of ether oxygens (including phenoxy) is 3. The van der Waals surface area contributed by atoms with Crippen LogP contribution in [-0.4, -0.2) is 37.2 Å².